The third kappa shape index (κ3) is 4.05. The van der Waals surface area contributed by atoms with E-state index < -0.39 is 11.5 Å². The summed E-state index contributed by atoms with van der Waals surface area (Å²) in [6, 6.07) is 0. The number of carbonyl (C=O) groups is 3. The normalized spacial score (nSPS) is 16.1. The fourth-order valence-electron chi connectivity index (χ4n) is 1.54. The zero-order valence-electron chi connectivity index (χ0n) is 9.91. The topological polar surface area (TPSA) is 95.5 Å². The number of carboxylic acids is 1. The first-order valence-corrected chi connectivity index (χ1v) is 5.81. The summed E-state index contributed by atoms with van der Waals surface area (Å²) in [5.74, 6) is -1.36. The van der Waals surface area contributed by atoms with Gasteiger partial charge in [0.15, 0.2) is 0 Å². The van der Waals surface area contributed by atoms with Crippen molar-refractivity contribution in [2.24, 2.45) is 0 Å². The second-order valence-electron chi connectivity index (χ2n) is 4.24. The Morgan fingerprint density at radius 2 is 1.76 bits per heavy atom. The van der Waals surface area contributed by atoms with Crippen LogP contribution in [0.5, 0.6) is 0 Å². The van der Waals surface area contributed by atoms with Crippen LogP contribution in [0.3, 0.4) is 0 Å². The minimum atomic E-state index is -1.03. The SMILES string of the molecule is CCNC(=O)CCCC(=O)NC1(C(=O)O)CC1. The highest BCUT2D eigenvalue weighted by molar-refractivity contribution is 5.89. The first-order chi connectivity index (χ1) is 8.00. The molecular weight excluding hydrogens is 224 g/mol. The van der Waals surface area contributed by atoms with Gasteiger partial charge in [-0.25, -0.2) is 4.79 Å². The van der Waals surface area contributed by atoms with Crippen molar-refractivity contribution in [1.29, 1.82) is 0 Å². The highest BCUT2D eigenvalue weighted by Crippen LogP contribution is 2.35. The number of hydrogen-bond donors (Lipinski definition) is 3. The van der Waals surface area contributed by atoms with Crippen LogP contribution in [-0.2, 0) is 14.4 Å². The minimum Gasteiger partial charge on any atom is -0.480 e. The van der Waals surface area contributed by atoms with E-state index in [1.165, 1.54) is 0 Å². The van der Waals surface area contributed by atoms with Crippen LogP contribution in [0.2, 0.25) is 0 Å². The summed E-state index contributed by atoms with van der Waals surface area (Å²) in [7, 11) is 0. The van der Waals surface area contributed by atoms with E-state index in [0.717, 1.165) is 0 Å². The van der Waals surface area contributed by atoms with Gasteiger partial charge in [0.05, 0.1) is 0 Å². The van der Waals surface area contributed by atoms with E-state index in [0.29, 0.717) is 32.2 Å². The molecule has 0 aromatic heterocycles. The lowest BCUT2D eigenvalue weighted by atomic mass is 10.2. The van der Waals surface area contributed by atoms with E-state index >= 15 is 0 Å². The third-order valence-corrected chi connectivity index (χ3v) is 2.72. The van der Waals surface area contributed by atoms with Crippen molar-refractivity contribution in [3.63, 3.8) is 0 Å². The maximum atomic E-state index is 11.4. The predicted octanol–water partition coefficient (Wildman–Crippen LogP) is 0.0262. The fraction of sp³-hybridized carbons (Fsp3) is 0.727. The minimum absolute atomic E-state index is 0.0836. The molecule has 0 atom stereocenters. The Balaban J connectivity index is 2.18. The molecule has 1 saturated carbocycles. The molecule has 0 aliphatic heterocycles. The van der Waals surface area contributed by atoms with Gasteiger partial charge in [0.25, 0.3) is 0 Å². The number of amides is 2. The Bertz CT molecular complexity index is 323. The Morgan fingerprint density at radius 3 is 2.24 bits per heavy atom. The maximum absolute atomic E-state index is 11.4. The number of hydrogen-bond acceptors (Lipinski definition) is 3. The summed E-state index contributed by atoms with van der Waals surface area (Å²) in [5, 5.41) is 14.0. The summed E-state index contributed by atoms with van der Waals surface area (Å²) in [6.45, 7) is 2.40. The molecule has 0 heterocycles. The van der Waals surface area contributed by atoms with Gasteiger partial charge in [0.2, 0.25) is 11.8 Å². The number of nitrogens with one attached hydrogen (secondary N) is 2. The van der Waals surface area contributed by atoms with Crippen LogP contribution < -0.4 is 10.6 Å². The van der Waals surface area contributed by atoms with Crippen molar-refractivity contribution in [3.8, 4) is 0 Å². The molecule has 1 fully saturated rings. The van der Waals surface area contributed by atoms with Gasteiger partial charge in [0, 0.05) is 19.4 Å². The largest absolute Gasteiger partial charge is 0.480 e. The molecule has 0 unspecified atom stereocenters. The molecule has 0 spiro atoms. The first-order valence-electron chi connectivity index (χ1n) is 5.81. The maximum Gasteiger partial charge on any atom is 0.329 e. The van der Waals surface area contributed by atoms with Crippen molar-refractivity contribution in [2.75, 3.05) is 6.54 Å². The van der Waals surface area contributed by atoms with Gasteiger partial charge >= 0.3 is 5.97 Å². The zero-order chi connectivity index (χ0) is 12.9. The second kappa shape index (κ2) is 5.65. The number of aliphatic carboxylic acids is 1. The van der Waals surface area contributed by atoms with E-state index in [-0.39, 0.29) is 18.2 Å². The van der Waals surface area contributed by atoms with Crippen LogP contribution in [0.4, 0.5) is 0 Å². The molecule has 6 heteroatoms. The average Bonchev–Trinajstić information content (AvgIpc) is 2.99. The molecule has 3 N–H and O–H groups in total. The van der Waals surface area contributed by atoms with Crippen LogP contribution in [0.1, 0.15) is 39.0 Å². The Hall–Kier alpha value is -1.59. The molecule has 1 rings (SSSR count). The second-order valence-corrected chi connectivity index (χ2v) is 4.24. The van der Waals surface area contributed by atoms with Gasteiger partial charge in [-0.2, -0.15) is 0 Å². The fourth-order valence-corrected chi connectivity index (χ4v) is 1.54. The van der Waals surface area contributed by atoms with Crippen LogP contribution in [-0.4, -0.2) is 35.0 Å². The molecule has 6 nitrogen and oxygen atoms in total. The van der Waals surface area contributed by atoms with Crippen LogP contribution in [0, 0.1) is 0 Å². The van der Waals surface area contributed by atoms with Crippen molar-refractivity contribution >= 4 is 17.8 Å². The van der Waals surface area contributed by atoms with Gasteiger partial charge in [0.1, 0.15) is 5.54 Å². The highest BCUT2D eigenvalue weighted by Gasteiger charge is 2.51. The lowest BCUT2D eigenvalue weighted by Gasteiger charge is -2.11. The molecule has 1 aliphatic rings. The third-order valence-electron chi connectivity index (χ3n) is 2.72. The van der Waals surface area contributed by atoms with E-state index in [4.69, 9.17) is 5.11 Å². The van der Waals surface area contributed by atoms with Gasteiger partial charge < -0.3 is 15.7 Å². The average molecular weight is 242 g/mol. The lowest BCUT2D eigenvalue weighted by molar-refractivity contribution is -0.143. The van der Waals surface area contributed by atoms with Crippen molar-refractivity contribution < 1.29 is 19.5 Å². The van der Waals surface area contributed by atoms with Gasteiger partial charge in [-0.15, -0.1) is 0 Å². The van der Waals surface area contributed by atoms with Gasteiger partial charge in [-0.3, -0.25) is 9.59 Å². The molecule has 0 radical (unpaired) electrons. The Kier molecular flexibility index (Phi) is 4.48. The van der Waals surface area contributed by atoms with Crippen LogP contribution in [0.15, 0.2) is 0 Å². The molecular formula is C11H18N2O4. The van der Waals surface area contributed by atoms with E-state index in [2.05, 4.69) is 10.6 Å². The summed E-state index contributed by atoms with van der Waals surface area (Å²) in [4.78, 5) is 33.3. The Labute approximate surface area is 99.8 Å². The van der Waals surface area contributed by atoms with Crippen molar-refractivity contribution in [2.45, 2.75) is 44.6 Å². The smallest absolute Gasteiger partial charge is 0.329 e. The lowest BCUT2D eigenvalue weighted by Crippen LogP contribution is -2.43. The van der Waals surface area contributed by atoms with Gasteiger partial charge in [-0.1, -0.05) is 0 Å². The zero-order valence-corrected chi connectivity index (χ0v) is 9.91. The monoisotopic (exact) mass is 242 g/mol. The molecule has 2 amide bonds. The number of carboxylic acid groups (broad SMARTS) is 1. The Morgan fingerprint density at radius 1 is 1.18 bits per heavy atom. The summed E-state index contributed by atoms with van der Waals surface area (Å²) in [6.07, 6.45) is 1.90. The summed E-state index contributed by atoms with van der Waals surface area (Å²) >= 11 is 0. The van der Waals surface area contributed by atoms with Gasteiger partial charge in [-0.05, 0) is 26.2 Å². The van der Waals surface area contributed by atoms with Crippen LogP contribution >= 0.6 is 0 Å². The van der Waals surface area contributed by atoms with Crippen molar-refractivity contribution in [3.05, 3.63) is 0 Å². The quantitative estimate of drug-likeness (QED) is 0.586. The first kappa shape index (κ1) is 13.5. The number of carbonyl (C=O) groups excluding carboxylic acids is 2. The van der Waals surface area contributed by atoms with Crippen LogP contribution in [0.25, 0.3) is 0 Å². The van der Waals surface area contributed by atoms with Crippen molar-refractivity contribution in [1.82, 2.24) is 10.6 Å². The molecule has 0 aromatic rings. The molecule has 0 aromatic carbocycles. The molecule has 96 valence electrons. The molecule has 0 bridgehead atoms. The standard InChI is InChI=1S/C11H18N2O4/c1-2-12-8(14)4-3-5-9(15)13-11(6-7-11)10(16)17/h2-7H2,1H3,(H,12,14)(H,13,15)(H,16,17). The predicted molar refractivity (Wildman–Crippen MR) is 60.3 cm³/mol. The molecule has 0 saturated heterocycles. The number of rotatable bonds is 7. The van der Waals surface area contributed by atoms with E-state index in [9.17, 15) is 14.4 Å². The summed E-state index contributed by atoms with van der Waals surface area (Å²) in [5.41, 5.74) is -1.03. The molecule has 1 aliphatic carbocycles. The summed E-state index contributed by atoms with van der Waals surface area (Å²) < 4.78 is 0. The van der Waals surface area contributed by atoms with E-state index in [1.807, 2.05) is 6.92 Å². The van der Waals surface area contributed by atoms with E-state index in [1.54, 1.807) is 0 Å². The highest BCUT2D eigenvalue weighted by atomic mass is 16.4. The molecule has 17 heavy (non-hydrogen) atoms.